The van der Waals surface area contributed by atoms with Crippen LogP contribution in [0, 0.1) is 13.8 Å². The number of carbonyl (C=O) groups excluding carboxylic acids is 1. The summed E-state index contributed by atoms with van der Waals surface area (Å²) in [5.74, 6) is -0.0473. The number of nitrogens with zero attached hydrogens (tertiary/aromatic N) is 2. The van der Waals surface area contributed by atoms with Gasteiger partial charge in [-0.25, -0.2) is 9.97 Å². The molecule has 2 N–H and O–H groups in total. The lowest BCUT2D eigenvalue weighted by Gasteiger charge is -2.23. The van der Waals surface area contributed by atoms with Crippen LogP contribution in [-0.2, 0) is 4.74 Å². The van der Waals surface area contributed by atoms with Crippen LogP contribution >= 0.6 is 0 Å². The van der Waals surface area contributed by atoms with E-state index in [0.29, 0.717) is 12.1 Å². The van der Waals surface area contributed by atoms with Gasteiger partial charge < -0.3 is 15.0 Å². The van der Waals surface area contributed by atoms with Crippen LogP contribution in [0.4, 0.5) is 0 Å². The highest BCUT2D eigenvalue weighted by Crippen LogP contribution is 2.14. The molecule has 0 aliphatic carbocycles. The number of aromatic nitrogens is 2. The van der Waals surface area contributed by atoms with Gasteiger partial charge in [0.2, 0.25) is 0 Å². The first-order valence-electron chi connectivity index (χ1n) is 8.58. The van der Waals surface area contributed by atoms with Crippen LogP contribution in [0.1, 0.15) is 28.2 Å². The summed E-state index contributed by atoms with van der Waals surface area (Å²) in [5.41, 5.74) is 4.05. The van der Waals surface area contributed by atoms with Crippen LogP contribution in [0.25, 0.3) is 11.0 Å². The molecule has 24 heavy (non-hydrogen) atoms. The Morgan fingerprint density at radius 1 is 1.17 bits per heavy atom. The van der Waals surface area contributed by atoms with Crippen molar-refractivity contribution in [3.8, 4) is 0 Å². The zero-order valence-corrected chi connectivity index (χ0v) is 14.4. The third-order valence-electron chi connectivity index (χ3n) is 4.53. The molecule has 0 radical (unpaired) electrons. The topological polar surface area (TPSA) is 68.5 Å². The maximum absolute atomic E-state index is 12.3. The summed E-state index contributed by atoms with van der Waals surface area (Å²) in [6, 6.07) is 5.49. The molecule has 128 valence electrons. The molecule has 1 aliphatic heterocycles. The molecule has 1 aliphatic rings. The number of fused-ring (bicyclic) bond motifs is 1. The van der Waals surface area contributed by atoms with Crippen molar-refractivity contribution in [3.05, 3.63) is 35.2 Å². The summed E-state index contributed by atoms with van der Waals surface area (Å²) in [6.45, 7) is 9.47. The van der Waals surface area contributed by atoms with E-state index in [1.54, 1.807) is 4.90 Å². The summed E-state index contributed by atoms with van der Waals surface area (Å²) >= 11 is 0. The van der Waals surface area contributed by atoms with Crippen molar-refractivity contribution in [3.63, 3.8) is 0 Å². The summed E-state index contributed by atoms with van der Waals surface area (Å²) in [7, 11) is 0. The van der Waals surface area contributed by atoms with E-state index in [9.17, 15) is 4.79 Å². The third-order valence-corrected chi connectivity index (χ3v) is 4.53. The SMILES string of the molecule is Cc1nc2ccc(C(=O)NCCC[NH+]3CCOCC3)cc2nc1C. The first-order valence-corrected chi connectivity index (χ1v) is 8.58. The number of rotatable bonds is 5. The van der Waals surface area contributed by atoms with E-state index in [1.807, 2.05) is 32.0 Å². The number of quaternary nitrogens is 1. The van der Waals surface area contributed by atoms with Gasteiger partial charge in [-0.1, -0.05) is 0 Å². The Bertz CT molecular complexity index is 726. The van der Waals surface area contributed by atoms with E-state index < -0.39 is 0 Å². The summed E-state index contributed by atoms with van der Waals surface area (Å²) in [6.07, 6.45) is 0.979. The van der Waals surface area contributed by atoms with Gasteiger partial charge in [-0.3, -0.25) is 4.79 Å². The van der Waals surface area contributed by atoms with Gasteiger partial charge >= 0.3 is 0 Å². The van der Waals surface area contributed by atoms with Crippen LogP contribution in [0.3, 0.4) is 0 Å². The van der Waals surface area contributed by atoms with Crippen molar-refractivity contribution in [2.75, 3.05) is 39.4 Å². The molecule has 0 unspecified atom stereocenters. The van der Waals surface area contributed by atoms with E-state index in [2.05, 4.69) is 15.3 Å². The molecule has 1 aromatic carbocycles. The molecule has 2 aromatic rings. The molecule has 0 spiro atoms. The average Bonchev–Trinajstić information content (AvgIpc) is 2.60. The molecule has 6 heteroatoms. The lowest BCUT2D eigenvalue weighted by molar-refractivity contribution is -0.908. The zero-order chi connectivity index (χ0) is 16.9. The zero-order valence-electron chi connectivity index (χ0n) is 14.4. The molecule has 0 atom stereocenters. The molecule has 2 heterocycles. The molecule has 1 aromatic heterocycles. The van der Waals surface area contributed by atoms with Crippen molar-refractivity contribution in [2.24, 2.45) is 0 Å². The fourth-order valence-corrected chi connectivity index (χ4v) is 2.92. The van der Waals surface area contributed by atoms with E-state index in [-0.39, 0.29) is 5.91 Å². The fourth-order valence-electron chi connectivity index (χ4n) is 2.92. The second-order valence-corrected chi connectivity index (χ2v) is 6.32. The lowest BCUT2D eigenvalue weighted by Crippen LogP contribution is -3.14. The molecule has 1 saturated heterocycles. The largest absolute Gasteiger partial charge is 0.370 e. The number of nitrogens with one attached hydrogen (secondary N) is 2. The van der Waals surface area contributed by atoms with Gasteiger partial charge in [-0.15, -0.1) is 0 Å². The Kier molecular flexibility index (Phi) is 5.37. The molecule has 1 fully saturated rings. The second-order valence-electron chi connectivity index (χ2n) is 6.32. The lowest BCUT2D eigenvalue weighted by atomic mass is 10.1. The molecule has 1 amide bonds. The summed E-state index contributed by atoms with van der Waals surface area (Å²) in [4.78, 5) is 22.9. The van der Waals surface area contributed by atoms with Crippen LogP contribution in [-0.4, -0.2) is 55.3 Å². The third kappa shape index (κ3) is 4.07. The monoisotopic (exact) mass is 329 g/mol. The Hall–Kier alpha value is -2.05. The number of benzene rings is 1. The number of carbonyl (C=O) groups is 1. The van der Waals surface area contributed by atoms with Gasteiger partial charge in [-0.2, -0.15) is 0 Å². The fraction of sp³-hybridized carbons (Fsp3) is 0.500. The minimum absolute atomic E-state index is 0.0473. The van der Waals surface area contributed by atoms with Gasteiger partial charge in [0.15, 0.2) is 0 Å². The van der Waals surface area contributed by atoms with Crippen molar-refractivity contribution < 1.29 is 14.4 Å². The number of morpholine rings is 1. The summed E-state index contributed by atoms with van der Waals surface area (Å²) in [5, 5.41) is 3.00. The Morgan fingerprint density at radius 3 is 2.62 bits per heavy atom. The van der Waals surface area contributed by atoms with E-state index >= 15 is 0 Å². The maximum Gasteiger partial charge on any atom is 0.251 e. The van der Waals surface area contributed by atoms with Crippen LogP contribution < -0.4 is 10.2 Å². The standard InChI is InChI=1S/C18H24N4O2/c1-13-14(2)21-17-12-15(4-5-16(17)20-13)18(23)19-6-3-7-22-8-10-24-11-9-22/h4-5,12H,3,6-11H2,1-2H3,(H,19,23)/p+1. The minimum atomic E-state index is -0.0473. The highest BCUT2D eigenvalue weighted by atomic mass is 16.5. The molecule has 6 nitrogen and oxygen atoms in total. The van der Waals surface area contributed by atoms with E-state index in [1.165, 1.54) is 0 Å². The number of ether oxygens (including phenoxy) is 1. The van der Waals surface area contributed by atoms with Crippen LogP contribution in [0.15, 0.2) is 18.2 Å². The number of amides is 1. The maximum atomic E-state index is 12.3. The number of hydrogen-bond donors (Lipinski definition) is 2. The first-order chi connectivity index (χ1) is 11.6. The quantitative estimate of drug-likeness (QED) is 0.774. The van der Waals surface area contributed by atoms with E-state index in [4.69, 9.17) is 4.74 Å². The Balaban J connectivity index is 1.54. The highest BCUT2D eigenvalue weighted by molar-refractivity contribution is 5.97. The smallest absolute Gasteiger partial charge is 0.251 e. The Morgan fingerprint density at radius 2 is 1.88 bits per heavy atom. The number of aryl methyl sites for hydroxylation is 2. The van der Waals surface area contributed by atoms with Crippen molar-refractivity contribution in [1.82, 2.24) is 15.3 Å². The van der Waals surface area contributed by atoms with Crippen LogP contribution in [0.5, 0.6) is 0 Å². The van der Waals surface area contributed by atoms with Crippen molar-refractivity contribution in [1.29, 1.82) is 0 Å². The van der Waals surface area contributed by atoms with Gasteiger partial charge in [0.25, 0.3) is 5.91 Å². The average molecular weight is 329 g/mol. The van der Waals surface area contributed by atoms with Gasteiger partial charge in [-0.05, 0) is 32.0 Å². The van der Waals surface area contributed by atoms with Gasteiger partial charge in [0.1, 0.15) is 13.1 Å². The number of hydrogen-bond acceptors (Lipinski definition) is 4. The molecule has 0 bridgehead atoms. The van der Waals surface area contributed by atoms with E-state index in [0.717, 1.165) is 61.7 Å². The molecular formula is C18H25N4O2+. The van der Waals surface area contributed by atoms with Crippen molar-refractivity contribution in [2.45, 2.75) is 20.3 Å². The van der Waals surface area contributed by atoms with Gasteiger partial charge in [0.05, 0.1) is 42.2 Å². The normalized spacial score (nSPS) is 15.6. The predicted molar refractivity (Wildman–Crippen MR) is 92.3 cm³/mol. The van der Waals surface area contributed by atoms with Gasteiger partial charge in [0, 0.05) is 18.5 Å². The Labute approximate surface area is 142 Å². The first kappa shape index (κ1) is 16.8. The predicted octanol–water partition coefficient (Wildman–Crippen LogP) is 0.282. The highest BCUT2D eigenvalue weighted by Gasteiger charge is 2.13. The second kappa shape index (κ2) is 7.68. The summed E-state index contributed by atoms with van der Waals surface area (Å²) < 4.78 is 5.35. The minimum Gasteiger partial charge on any atom is -0.370 e. The molecule has 0 saturated carbocycles. The van der Waals surface area contributed by atoms with Crippen molar-refractivity contribution >= 4 is 16.9 Å². The molecule has 3 rings (SSSR count). The van der Waals surface area contributed by atoms with Crippen LogP contribution in [0.2, 0.25) is 0 Å². The molecular weight excluding hydrogens is 304 g/mol.